The zero-order valence-electron chi connectivity index (χ0n) is 19.7. The molecule has 0 saturated carbocycles. The smallest absolute Gasteiger partial charge is 0.250 e. The maximum atomic E-state index is 12.6. The summed E-state index contributed by atoms with van der Waals surface area (Å²) in [5, 5.41) is 7.47. The number of benzene rings is 4. The summed E-state index contributed by atoms with van der Waals surface area (Å²) in [5.41, 5.74) is 8.85. The number of nitrogens with one attached hydrogen (secondary N) is 1. The molecule has 0 fully saturated rings. The molecule has 1 heterocycles. The number of carbonyl (C=O) groups is 1. The topological polar surface area (TPSA) is 59.3 Å². The van der Waals surface area contributed by atoms with Crippen LogP contribution in [0.4, 0.5) is 0 Å². The summed E-state index contributed by atoms with van der Waals surface area (Å²) >= 11 is 1.42. The van der Waals surface area contributed by atoms with E-state index in [0.717, 1.165) is 32.9 Å². The van der Waals surface area contributed by atoms with Crippen molar-refractivity contribution in [1.29, 1.82) is 0 Å². The second-order valence-electron chi connectivity index (χ2n) is 8.54. The molecular weight excluding hydrogens is 452 g/mol. The highest BCUT2D eigenvalue weighted by Gasteiger charge is 2.13. The Bertz CT molecular complexity index is 1540. The molecule has 0 saturated heterocycles. The van der Waals surface area contributed by atoms with Gasteiger partial charge in [-0.1, -0.05) is 90.1 Å². The summed E-state index contributed by atoms with van der Waals surface area (Å²) in [6.07, 6.45) is 0. The number of aryl methyl sites for hydroxylation is 1. The van der Waals surface area contributed by atoms with E-state index in [1.165, 1.54) is 28.3 Å². The van der Waals surface area contributed by atoms with Crippen molar-refractivity contribution in [2.75, 3.05) is 5.75 Å². The third-order valence-corrected chi connectivity index (χ3v) is 6.91. The average molecular weight is 479 g/mol. The first-order valence-electron chi connectivity index (χ1n) is 11.5. The zero-order valence-corrected chi connectivity index (χ0v) is 20.5. The molecule has 0 spiro atoms. The van der Waals surface area contributed by atoms with Gasteiger partial charge in [0.05, 0.1) is 29.0 Å². The molecule has 0 atom stereocenters. The van der Waals surface area contributed by atoms with Crippen LogP contribution in [0.2, 0.25) is 0 Å². The third-order valence-electron chi connectivity index (χ3n) is 5.93. The van der Waals surface area contributed by atoms with Gasteiger partial charge in [-0.15, -0.1) is 0 Å². The molecule has 0 aliphatic rings. The Balaban J connectivity index is 1.28. The lowest BCUT2D eigenvalue weighted by atomic mass is 10.0. The minimum atomic E-state index is -0.163. The second-order valence-corrected chi connectivity index (χ2v) is 9.48. The Hall–Kier alpha value is -3.90. The van der Waals surface area contributed by atoms with Gasteiger partial charge in [0.2, 0.25) is 0 Å². The monoisotopic (exact) mass is 478 g/mol. The Labute approximate surface area is 208 Å². The van der Waals surface area contributed by atoms with E-state index in [4.69, 9.17) is 4.98 Å². The number of para-hydroxylation sites is 2. The molecule has 4 aromatic carbocycles. The number of hydrazone groups is 1. The predicted octanol–water partition coefficient (Wildman–Crippen LogP) is 6.18. The summed E-state index contributed by atoms with van der Waals surface area (Å²) in [6, 6.07) is 30.9. The summed E-state index contributed by atoms with van der Waals surface area (Å²) < 4.78 is 2.17. The molecule has 5 rings (SSSR count). The van der Waals surface area contributed by atoms with Crippen molar-refractivity contribution in [3.8, 4) is 0 Å². The van der Waals surface area contributed by atoms with E-state index in [9.17, 15) is 4.79 Å². The van der Waals surface area contributed by atoms with Crippen molar-refractivity contribution < 1.29 is 4.79 Å². The standard InChI is InChI=1S/C29H26N4OS/c1-20-11-13-22(14-12-20)18-33-27-10-6-5-9-26(27)30-29(33)35-19-28(34)32-31-21(2)24-16-15-23-7-3-4-8-25(23)17-24/h3-17H,18-19H2,1-2H3,(H,32,34)/b31-21-. The van der Waals surface area contributed by atoms with Crippen LogP contribution in [0.25, 0.3) is 21.8 Å². The predicted molar refractivity (Wildman–Crippen MR) is 145 cm³/mol. The highest BCUT2D eigenvalue weighted by atomic mass is 32.2. The van der Waals surface area contributed by atoms with Crippen LogP contribution in [0.1, 0.15) is 23.6 Å². The Kier molecular flexibility index (Phi) is 6.64. The van der Waals surface area contributed by atoms with Gasteiger partial charge >= 0.3 is 0 Å². The maximum Gasteiger partial charge on any atom is 0.250 e. The van der Waals surface area contributed by atoms with Gasteiger partial charge in [-0.05, 0) is 53.9 Å². The van der Waals surface area contributed by atoms with Crippen LogP contribution in [-0.2, 0) is 11.3 Å². The molecule has 174 valence electrons. The van der Waals surface area contributed by atoms with E-state index < -0.39 is 0 Å². The van der Waals surface area contributed by atoms with Crippen molar-refractivity contribution in [1.82, 2.24) is 15.0 Å². The molecule has 1 amide bonds. The van der Waals surface area contributed by atoms with Crippen molar-refractivity contribution in [2.24, 2.45) is 5.10 Å². The maximum absolute atomic E-state index is 12.6. The van der Waals surface area contributed by atoms with Gasteiger partial charge in [-0.2, -0.15) is 5.10 Å². The molecule has 0 bridgehead atoms. The van der Waals surface area contributed by atoms with Crippen molar-refractivity contribution in [3.05, 3.63) is 108 Å². The minimum absolute atomic E-state index is 0.163. The molecule has 6 heteroatoms. The normalized spacial score (nSPS) is 11.8. The van der Waals surface area contributed by atoms with Gasteiger partial charge in [0, 0.05) is 0 Å². The molecule has 0 aliphatic carbocycles. The van der Waals surface area contributed by atoms with Crippen molar-refractivity contribution in [3.63, 3.8) is 0 Å². The quantitative estimate of drug-likeness (QED) is 0.173. The molecule has 1 N–H and O–H groups in total. The van der Waals surface area contributed by atoms with E-state index >= 15 is 0 Å². The third kappa shape index (κ3) is 5.28. The Morgan fingerprint density at radius 1 is 0.943 bits per heavy atom. The molecule has 0 unspecified atom stereocenters. The van der Waals surface area contributed by atoms with Crippen LogP contribution < -0.4 is 5.43 Å². The van der Waals surface area contributed by atoms with Gasteiger partial charge < -0.3 is 4.57 Å². The van der Waals surface area contributed by atoms with Crippen LogP contribution in [0.5, 0.6) is 0 Å². The Morgan fingerprint density at radius 2 is 1.69 bits per heavy atom. The van der Waals surface area contributed by atoms with Gasteiger partial charge in [-0.3, -0.25) is 4.79 Å². The molecule has 1 aromatic heterocycles. The van der Waals surface area contributed by atoms with E-state index in [1.807, 2.05) is 43.3 Å². The number of hydrogen-bond donors (Lipinski definition) is 1. The van der Waals surface area contributed by atoms with E-state index in [2.05, 4.69) is 76.6 Å². The fourth-order valence-electron chi connectivity index (χ4n) is 3.98. The number of amides is 1. The van der Waals surface area contributed by atoms with E-state index in [1.54, 1.807) is 0 Å². The van der Waals surface area contributed by atoms with Crippen LogP contribution in [0.3, 0.4) is 0 Å². The fourth-order valence-corrected chi connectivity index (χ4v) is 4.79. The summed E-state index contributed by atoms with van der Waals surface area (Å²) in [4.78, 5) is 17.4. The minimum Gasteiger partial charge on any atom is -0.314 e. The largest absolute Gasteiger partial charge is 0.314 e. The molecule has 0 aliphatic heterocycles. The number of rotatable bonds is 7. The lowest BCUT2D eigenvalue weighted by Crippen LogP contribution is -2.21. The number of aromatic nitrogens is 2. The second kappa shape index (κ2) is 10.2. The van der Waals surface area contributed by atoms with E-state index in [-0.39, 0.29) is 11.7 Å². The molecule has 0 radical (unpaired) electrons. The first kappa shape index (κ1) is 22.9. The number of thioether (sulfide) groups is 1. The molecule has 5 nitrogen and oxygen atoms in total. The first-order valence-corrected chi connectivity index (χ1v) is 12.5. The van der Waals surface area contributed by atoms with Gasteiger partial charge in [0.25, 0.3) is 5.91 Å². The van der Waals surface area contributed by atoms with Crippen LogP contribution >= 0.6 is 11.8 Å². The summed E-state index contributed by atoms with van der Waals surface area (Å²) in [7, 11) is 0. The molecular formula is C29H26N4OS. The molecule has 35 heavy (non-hydrogen) atoms. The van der Waals surface area contributed by atoms with Crippen LogP contribution in [0, 0.1) is 6.92 Å². The highest BCUT2D eigenvalue weighted by Crippen LogP contribution is 2.25. The Morgan fingerprint density at radius 3 is 2.51 bits per heavy atom. The number of nitrogens with zero attached hydrogens (tertiary/aromatic N) is 3. The highest BCUT2D eigenvalue weighted by molar-refractivity contribution is 7.99. The number of fused-ring (bicyclic) bond motifs is 2. The SMILES string of the molecule is C/C(=N/NC(=O)CSc1nc2ccccc2n1Cc1ccc(C)cc1)c1ccc2ccccc2c1. The lowest BCUT2D eigenvalue weighted by molar-refractivity contribution is -0.118. The summed E-state index contributed by atoms with van der Waals surface area (Å²) in [6.45, 7) is 4.68. The summed E-state index contributed by atoms with van der Waals surface area (Å²) in [5.74, 6) is 0.0650. The molecule has 5 aromatic rings. The van der Waals surface area contributed by atoms with Crippen molar-refractivity contribution in [2.45, 2.75) is 25.5 Å². The van der Waals surface area contributed by atoms with Crippen LogP contribution in [-0.4, -0.2) is 26.9 Å². The number of imidazole rings is 1. The van der Waals surface area contributed by atoms with Crippen molar-refractivity contribution >= 4 is 45.2 Å². The van der Waals surface area contributed by atoms with Crippen LogP contribution in [0.15, 0.2) is 101 Å². The first-order chi connectivity index (χ1) is 17.1. The number of hydrogen-bond acceptors (Lipinski definition) is 4. The lowest BCUT2D eigenvalue weighted by Gasteiger charge is -2.09. The zero-order chi connectivity index (χ0) is 24.2. The fraction of sp³-hybridized carbons (Fsp3) is 0.138. The average Bonchev–Trinajstić information content (AvgIpc) is 3.24. The van der Waals surface area contributed by atoms with Gasteiger partial charge in [-0.25, -0.2) is 10.4 Å². The number of carbonyl (C=O) groups excluding carboxylic acids is 1. The van der Waals surface area contributed by atoms with E-state index in [0.29, 0.717) is 6.54 Å². The van der Waals surface area contributed by atoms with Gasteiger partial charge in [0.1, 0.15) is 0 Å². The van der Waals surface area contributed by atoms with Gasteiger partial charge in [0.15, 0.2) is 5.16 Å².